The lowest BCUT2D eigenvalue weighted by molar-refractivity contribution is -0.132. The number of carbonyl (C=O) groups excluding carboxylic acids is 4. The first-order chi connectivity index (χ1) is 23.6. The molecule has 0 saturated heterocycles. The summed E-state index contributed by atoms with van der Waals surface area (Å²) in [5, 5.41) is 13.7. The largest absolute Gasteiger partial charge is 0.354 e. The minimum absolute atomic E-state index is 0.0672. The number of amides is 4. The van der Waals surface area contributed by atoms with Crippen LogP contribution in [-0.2, 0) is 38.7 Å². The van der Waals surface area contributed by atoms with Crippen LogP contribution in [0, 0.1) is 12.8 Å². The molecule has 0 unspecified atom stereocenters. The summed E-state index contributed by atoms with van der Waals surface area (Å²) >= 11 is 0. The van der Waals surface area contributed by atoms with E-state index in [-0.39, 0.29) is 74.1 Å². The van der Waals surface area contributed by atoms with Crippen LogP contribution in [0.15, 0.2) is 65.7 Å². The zero-order chi connectivity index (χ0) is 34.9. The molecule has 2 aromatic carbocycles. The quantitative estimate of drug-likeness (QED) is 0.288. The van der Waals surface area contributed by atoms with E-state index in [4.69, 9.17) is 0 Å². The minimum Gasteiger partial charge on any atom is -0.354 e. The molecule has 49 heavy (non-hydrogen) atoms. The summed E-state index contributed by atoms with van der Waals surface area (Å²) in [6, 6.07) is 14.9. The Kier molecular flexibility index (Phi) is 11.5. The van der Waals surface area contributed by atoms with Crippen molar-refractivity contribution in [3.8, 4) is 0 Å². The monoisotopic (exact) mass is 669 g/mol. The number of aromatic nitrogens is 5. The fraction of sp³-hybridized carbons (Fsp3) is 0.429. The average molecular weight is 670 g/mol. The highest BCUT2D eigenvalue weighted by Crippen LogP contribution is 2.21. The maximum Gasteiger partial charge on any atom is 0.261 e. The van der Waals surface area contributed by atoms with Gasteiger partial charge in [-0.1, -0.05) is 56.3 Å². The Labute approximate surface area is 284 Å². The van der Waals surface area contributed by atoms with Crippen LogP contribution < -0.4 is 21.5 Å². The van der Waals surface area contributed by atoms with Crippen molar-refractivity contribution in [2.24, 2.45) is 5.92 Å². The Morgan fingerprint density at radius 3 is 2.45 bits per heavy atom. The zero-order valence-electron chi connectivity index (χ0n) is 28.1. The highest BCUT2D eigenvalue weighted by molar-refractivity contribution is 5.88. The number of hydrogen-bond donors (Lipinski definition) is 3. The van der Waals surface area contributed by atoms with E-state index in [1.165, 1.54) is 15.6 Å². The van der Waals surface area contributed by atoms with E-state index in [1.54, 1.807) is 36.1 Å². The van der Waals surface area contributed by atoms with Gasteiger partial charge in [0.2, 0.25) is 23.6 Å². The van der Waals surface area contributed by atoms with Crippen LogP contribution in [0.1, 0.15) is 56.4 Å². The van der Waals surface area contributed by atoms with Crippen molar-refractivity contribution in [2.45, 2.75) is 71.6 Å². The molecule has 4 amide bonds. The smallest absolute Gasteiger partial charge is 0.261 e. The molecule has 5 rings (SSSR count). The molecule has 0 bridgehead atoms. The number of fused-ring (bicyclic) bond motifs is 2. The third-order valence-electron chi connectivity index (χ3n) is 8.43. The number of benzene rings is 2. The number of para-hydroxylation sites is 1. The number of nitrogens with one attached hydrogen (secondary N) is 3. The third-order valence-corrected chi connectivity index (χ3v) is 8.43. The average Bonchev–Trinajstić information content (AvgIpc) is 3.44. The number of carbonyl (C=O) groups is 4. The van der Waals surface area contributed by atoms with Gasteiger partial charge in [-0.3, -0.25) is 28.5 Å². The van der Waals surface area contributed by atoms with Crippen molar-refractivity contribution in [1.82, 2.24) is 45.2 Å². The van der Waals surface area contributed by atoms with Gasteiger partial charge in [0.05, 0.1) is 23.3 Å². The first kappa shape index (κ1) is 34.9. The topological polar surface area (TPSA) is 173 Å². The summed E-state index contributed by atoms with van der Waals surface area (Å²) < 4.78 is 2.77. The Morgan fingerprint density at radius 2 is 1.67 bits per heavy atom. The van der Waals surface area contributed by atoms with Gasteiger partial charge in [0.25, 0.3) is 5.56 Å². The molecule has 1 aliphatic rings. The molecule has 4 aromatic rings. The van der Waals surface area contributed by atoms with Gasteiger partial charge < -0.3 is 20.9 Å². The zero-order valence-corrected chi connectivity index (χ0v) is 28.1. The second-order valence-corrected chi connectivity index (χ2v) is 12.6. The van der Waals surface area contributed by atoms with Gasteiger partial charge in [-0.2, -0.15) is 5.10 Å². The van der Waals surface area contributed by atoms with E-state index in [2.05, 4.69) is 31.0 Å². The van der Waals surface area contributed by atoms with Crippen molar-refractivity contribution >= 4 is 34.5 Å². The van der Waals surface area contributed by atoms with Gasteiger partial charge in [-0.05, 0) is 43.4 Å². The standard InChI is InChI=1S/C35H43N9O5/c1-23(2)32-33-38-24(3)41-44(33)20-30(46)36-16-10-18-42(31(47)21-43-22-37-27-14-8-7-13-26(27)35(43)49)17-9-15-29(45)39-28(34(48)40-32)19-25-11-5-4-6-12-25/h4-8,11-14,22-23,28,32H,9-10,15-21H2,1-3H3,(H,36,46)(H,39,45)(H,40,48)/t28-,32+/m1/s1. The second kappa shape index (κ2) is 16.1. The lowest BCUT2D eigenvalue weighted by atomic mass is 10.0. The number of nitrogens with zero attached hydrogens (tertiary/aromatic N) is 6. The van der Waals surface area contributed by atoms with Crippen LogP contribution in [0.2, 0.25) is 0 Å². The van der Waals surface area contributed by atoms with Gasteiger partial charge in [0.1, 0.15) is 25.0 Å². The van der Waals surface area contributed by atoms with E-state index in [1.807, 2.05) is 44.2 Å². The predicted octanol–water partition coefficient (Wildman–Crippen LogP) is 1.67. The van der Waals surface area contributed by atoms with Gasteiger partial charge in [-0.25, -0.2) is 14.6 Å². The van der Waals surface area contributed by atoms with Crippen LogP contribution in [0.4, 0.5) is 0 Å². The second-order valence-electron chi connectivity index (χ2n) is 12.6. The number of aryl methyl sites for hydroxylation is 1. The van der Waals surface area contributed by atoms with E-state index in [0.717, 1.165) is 5.56 Å². The van der Waals surface area contributed by atoms with Crippen LogP contribution >= 0.6 is 0 Å². The molecule has 2 aromatic heterocycles. The Morgan fingerprint density at radius 1 is 0.939 bits per heavy atom. The fourth-order valence-electron chi connectivity index (χ4n) is 5.87. The van der Waals surface area contributed by atoms with Crippen LogP contribution in [0.5, 0.6) is 0 Å². The molecule has 0 aliphatic carbocycles. The van der Waals surface area contributed by atoms with Crippen LogP contribution in [0.25, 0.3) is 10.9 Å². The van der Waals surface area contributed by atoms with Crippen molar-refractivity contribution in [1.29, 1.82) is 0 Å². The molecule has 258 valence electrons. The van der Waals surface area contributed by atoms with Gasteiger partial charge in [0, 0.05) is 32.5 Å². The molecule has 0 fully saturated rings. The maximum atomic E-state index is 13.8. The number of rotatable bonds is 5. The van der Waals surface area contributed by atoms with E-state index < -0.39 is 12.1 Å². The van der Waals surface area contributed by atoms with Crippen molar-refractivity contribution in [3.05, 3.63) is 88.5 Å². The Balaban J connectivity index is 1.38. The molecule has 14 nitrogen and oxygen atoms in total. The molecule has 3 heterocycles. The molecule has 14 heteroatoms. The highest BCUT2D eigenvalue weighted by atomic mass is 16.2. The first-order valence-electron chi connectivity index (χ1n) is 16.6. The normalized spacial score (nSPS) is 18.6. The van der Waals surface area contributed by atoms with Gasteiger partial charge >= 0.3 is 0 Å². The molecule has 2 atom stereocenters. The summed E-state index contributed by atoms with van der Waals surface area (Å²) in [7, 11) is 0. The number of hydrogen-bond acceptors (Lipinski definition) is 8. The van der Waals surface area contributed by atoms with E-state index >= 15 is 0 Å². The lowest BCUT2D eigenvalue weighted by Gasteiger charge is -2.26. The molecular formula is C35H43N9O5. The van der Waals surface area contributed by atoms with Crippen LogP contribution in [-0.4, -0.2) is 78.5 Å². The Bertz CT molecular complexity index is 1850. The molecule has 1 aliphatic heterocycles. The van der Waals surface area contributed by atoms with E-state index in [0.29, 0.717) is 41.9 Å². The highest BCUT2D eigenvalue weighted by Gasteiger charge is 2.30. The molecule has 0 spiro atoms. The Hall–Kier alpha value is -5.40. The summed E-state index contributed by atoms with van der Waals surface area (Å²) in [6.07, 6.45) is 2.46. The fourth-order valence-corrected chi connectivity index (χ4v) is 5.87. The van der Waals surface area contributed by atoms with Crippen LogP contribution in [0.3, 0.4) is 0 Å². The van der Waals surface area contributed by atoms with E-state index in [9.17, 15) is 24.0 Å². The SMILES string of the molecule is Cc1nc2n(n1)CC(=O)NCCCN(C(=O)Cn1cnc3ccccc3c1=O)CCCC(=O)N[C@H](Cc1ccccc1)C(=O)N[C@H]2C(C)C. The molecule has 3 N–H and O–H groups in total. The lowest BCUT2D eigenvalue weighted by Crippen LogP contribution is -2.50. The van der Waals surface area contributed by atoms with Crippen molar-refractivity contribution in [3.63, 3.8) is 0 Å². The molecule has 0 saturated carbocycles. The molecular weight excluding hydrogens is 626 g/mol. The summed E-state index contributed by atoms with van der Waals surface area (Å²) in [5.41, 5.74) is 1.09. The van der Waals surface area contributed by atoms with Crippen molar-refractivity contribution < 1.29 is 19.2 Å². The van der Waals surface area contributed by atoms with Gasteiger partial charge in [0.15, 0.2) is 5.82 Å². The summed E-state index contributed by atoms with van der Waals surface area (Å²) in [4.78, 5) is 77.2. The summed E-state index contributed by atoms with van der Waals surface area (Å²) in [6.45, 7) is 6.08. The minimum atomic E-state index is -0.888. The third kappa shape index (κ3) is 9.15. The molecule has 0 radical (unpaired) electrons. The summed E-state index contributed by atoms with van der Waals surface area (Å²) in [5.74, 6) is -0.523. The predicted molar refractivity (Wildman–Crippen MR) is 182 cm³/mol. The first-order valence-corrected chi connectivity index (χ1v) is 16.6. The van der Waals surface area contributed by atoms with Gasteiger partial charge in [-0.15, -0.1) is 0 Å². The maximum absolute atomic E-state index is 13.8. The van der Waals surface area contributed by atoms with Crippen molar-refractivity contribution in [2.75, 3.05) is 19.6 Å².